The third-order valence-electron chi connectivity index (χ3n) is 7.05. The number of aliphatic carboxylic acids is 1. The van der Waals surface area contributed by atoms with Gasteiger partial charge in [0.1, 0.15) is 6.04 Å². The van der Waals surface area contributed by atoms with Gasteiger partial charge in [0.05, 0.1) is 17.4 Å². The lowest BCUT2D eigenvalue weighted by molar-refractivity contribution is -0.138. The number of carboxylic acid groups (broad SMARTS) is 1. The average Bonchev–Trinajstić information content (AvgIpc) is 3.28. The zero-order valence-corrected chi connectivity index (χ0v) is 23.7. The van der Waals surface area contributed by atoms with Crippen molar-refractivity contribution < 1.29 is 14.7 Å². The first-order chi connectivity index (χ1) is 19.1. The molecule has 5 aromatic rings. The molecule has 2 unspecified atom stereocenters. The van der Waals surface area contributed by atoms with Gasteiger partial charge in [-0.05, 0) is 73.5 Å². The van der Waals surface area contributed by atoms with E-state index in [0.29, 0.717) is 15.6 Å². The fourth-order valence-electron chi connectivity index (χ4n) is 4.84. The van der Waals surface area contributed by atoms with Gasteiger partial charge >= 0.3 is 5.97 Å². The van der Waals surface area contributed by atoms with Crippen LogP contribution < -0.4 is 5.32 Å². The number of amides is 1. The molecule has 4 aromatic carbocycles. The number of fused-ring (bicyclic) bond motifs is 1. The number of hydrogen-bond donors (Lipinski definition) is 2. The molecule has 2 N–H and O–H groups in total. The number of rotatable bonds is 7. The maximum atomic E-state index is 12.5. The number of halogens is 2. The molecule has 0 saturated heterocycles. The first kappa shape index (κ1) is 27.4. The van der Waals surface area contributed by atoms with Crippen molar-refractivity contribution in [1.29, 1.82) is 0 Å². The van der Waals surface area contributed by atoms with Crippen molar-refractivity contribution in [3.05, 3.63) is 112 Å². The monoisotopic (exact) mass is 571 g/mol. The average molecular weight is 572 g/mol. The van der Waals surface area contributed by atoms with E-state index in [9.17, 15) is 9.59 Å². The number of nitrogens with zero attached hydrogens (tertiary/aromatic N) is 2. The van der Waals surface area contributed by atoms with Gasteiger partial charge in [-0.25, -0.2) is 0 Å². The molecule has 2 atom stereocenters. The highest BCUT2D eigenvalue weighted by molar-refractivity contribution is 6.35. The predicted molar refractivity (Wildman–Crippen MR) is 160 cm³/mol. The third-order valence-corrected chi connectivity index (χ3v) is 7.48. The van der Waals surface area contributed by atoms with Gasteiger partial charge in [-0.2, -0.15) is 5.10 Å². The number of aromatic nitrogens is 2. The lowest BCUT2D eigenvalue weighted by Crippen LogP contribution is -2.38. The second-order valence-corrected chi connectivity index (χ2v) is 10.7. The summed E-state index contributed by atoms with van der Waals surface area (Å²) in [4.78, 5) is 23.6. The number of benzene rings is 4. The molecule has 6 nitrogen and oxygen atoms in total. The molecular weight excluding hydrogens is 545 g/mol. The van der Waals surface area contributed by atoms with E-state index in [1.54, 1.807) is 18.2 Å². The largest absolute Gasteiger partial charge is 0.480 e. The molecule has 1 amide bonds. The Bertz CT molecular complexity index is 1720. The van der Waals surface area contributed by atoms with Crippen LogP contribution in [0.15, 0.2) is 84.9 Å². The Labute approximate surface area is 242 Å². The topological polar surface area (TPSA) is 84.2 Å². The second-order valence-electron chi connectivity index (χ2n) is 9.82. The molecule has 40 heavy (non-hydrogen) atoms. The minimum atomic E-state index is -1.09. The van der Waals surface area contributed by atoms with E-state index in [-0.39, 0.29) is 6.04 Å². The van der Waals surface area contributed by atoms with Crippen molar-refractivity contribution in [3.63, 3.8) is 0 Å². The minimum Gasteiger partial charge on any atom is -0.480 e. The summed E-state index contributed by atoms with van der Waals surface area (Å²) in [5.74, 6) is -1.54. The smallest absolute Gasteiger partial charge is 0.325 e. The molecule has 0 aliphatic heterocycles. The lowest BCUT2D eigenvalue weighted by Gasteiger charge is -2.18. The Hall–Kier alpha value is -4.13. The van der Waals surface area contributed by atoms with Gasteiger partial charge in [0.2, 0.25) is 0 Å². The summed E-state index contributed by atoms with van der Waals surface area (Å²) in [6, 6.07) is 25.9. The van der Waals surface area contributed by atoms with E-state index >= 15 is 0 Å². The molecule has 0 aliphatic carbocycles. The van der Waals surface area contributed by atoms with Crippen LogP contribution in [0.25, 0.3) is 33.3 Å². The molecule has 0 fully saturated rings. The standard InChI is InChI=1S/C32H27Cl2N3O3/c1-18-29(26-15-27(33)17-28(34)16-26)36-37(30(18)25-13-10-22-6-4-5-7-24(22)14-25)20(3)21-8-11-23(12-9-21)31(38)35-19(2)32(39)40/h4-17,19-20H,1-3H3,(H,35,38)(H,39,40). The van der Waals surface area contributed by atoms with Crippen LogP contribution >= 0.6 is 23.2 Å². The van der Waals surface area contributed by atoms with Crippen LogP contribution in [0, 0.1) is 6.92 Å². The highest BCUT2D eigenvalue weighted by Gasteiger charge is 2.23. The molecule has 1 heterocycles. The van der Waals surface area contributed by atoms with Gasteiger partial charge in [0.25, 0.3) is 5.91 Å². The van der Waals surface area contributed by atoms with Crippen molar-refractivity contribution in [1.82, 2.24) is 15.1 Å². The first-order valence-electron chi connectivity index (χ1n) is 12.8. The van der Waals surface area contributed by atoms with E-state index in [2.05, 4.69) is 35.6 Å². The number of nitrogens with one attached hydrogen (secondary N) is 1. The fraction of sp³-hybridized carbons (Fsp3) is 0.156. The fourth-order valence-corrected chi connectivity index (χ4v) is 5.37. The predicted octanol–water partition coefficient (Wildman–Crippen LogP) is 7.80. The SMILES string of the molecule is Cc1c(-c2cc(Cl)cc(Cl)c2)nn(C(C)c2ccc(C(=O)NC(C)C(=O)O)cc2)c1-c1ccc2ccccc2c1. The quantitative estimate of drug-likeness (QED) is 0.209. The number of hydrogen-bond acceptors (Lipinski definition) is 3. The number of carbonyl (C=O) groups is 2. The van der Waals surface area contributed by atoms with Crippen LogP contribution in [0.4, 0.5) is 0 Å². The normalized spacial score (nSPS) is 12.7. The third kappa shape index (κ3) is 5.46. The highest BCUT2D eigenvalue weighted by atomic mass is 35.5. The molecule has 1 aromatic heterocycles. The van der Waals surface area contributed by atoms with Gasteiger partial charge in [-0.3, -0.25) is 14.3 Å². The van der Waals surface area contributed by atoms with Crippen LogP contribution in [-0.2, 0) is 4.79 Å². The van der Waals surface area contributed by atoms with Crippen LogP contribution in [0.2, 0.25) is 10.0 Å². The molecule has 0 radical (unpaired) electrons. The Balaban J connectivity index is 1.59. The maximum Gasteiger partial charge on any atom is 0.325 e. The van der Waals surface area contributed by atoms with Crippen LogP contribution in [-0.4, -0.2) is 32.8 Å². The van der Waals surface area contributed by atoms with Crippen molar-refractivity contribution in [2.75, 3.05) is 0 Å². The number of carbonyl (C=O) groups excluding carboxylic acids is 1. The summed E-state index contributed by atoms with van der Waals surface area (Å²) in [7, 11) is 0. The van der Waals surface area contributed by atoms with Gasteiger partial charge in [-0.1, -0.05) is 71.7 Å². The van der Waals surface area contributed by atoms with Crippen LogP contribution in [0.1, 0.15) is 41.4 Å². The maximum absolute atomic E-state index is 12.5. The molecule has 5 rings (SSSR count). The van der Waals surface area contributed by atoms with Crippen molar-refractivity contribution in [2.24, 2.45) is 0 Å². The minimum absolute atomic E-state index is 0.196. The van der Waals surface area contributed by atoms with E-state index in [4.69, 9.17) is 33.4 Å². The molecule has 8 heteroatoms. The van der Waals surface area contributed by atoms with Crippen molar-refractivity contribution in [3.8, 4) is 22.5 Å². The van der Waals surface area contributed by atoms with Crippen molar-refractivity contribution >= 4 is 45.9 Å². The Morgan fingerprint density at radius 2 is 1.50 bits per heavy atom. The second kappa shape index (κ2) is 11.2. The van der Waals surface area contributed by atoms with E-state index in [1.807, 2.05) is 54.9 Å². The molecule has 0 saturated carbocycles. The van der Waals surface area contributed by atoms with Gasteiger partial charge < -0.3 is 10.4 Å². The van der Waals surface area contributed by atoms with E-state index < -0.39 is 17.9 Å². The summed E-state index contributed by atoms with van der Waals surface area (Å²) >= 11 is 12.7. The Morgan fingerprint density at radius 3 is 2.15 bits per heavy atom. The van der Waals surface area contributed by atoms with Crippen molar-refractivity contribution in [2.45, 2.75) is 32.9 Å². The molecule has 0 aliphatic rings. The highest BCUT2D eigenvalue weighted by Crippen LogP contribution is 2.37. The molecule has 202 valence electrons. The lowest BCUT2D eigenvalue weighted by atomic mass is 9.99. The Morgan fingerprint density at radius 1 is 0.850 bits per heavy atom. The molecule has 0 spiro atoms. The molecule has 0 bridgehead atoms. The zero-order chi connectivity index (χ0) is 28.6. The van der Waals surface area contributed by atoms with E-state index in [0.717, 1.165) is 44.4 Å². The summed E-state index contributed by atoms with van der Waals surface area (Å²) in [6.45, 7) is 5.52. The summed E-state index contributed by atoms with van der Waals surface area (Å²) in [5, 5.41) is 20.0. The molecular formula is C32H27Cl2N3O3. The summed E-state index contributed by atoms with van der Waals surface area (Å²) in [5.41, 5.74) is 5.88. The first-order valence-corrected chi connectivity index (χ1v) is 13.6. The zero-order valence-electron chi connectivity index (χ0n) is 22.2. The van der Waals surface area contributed by atoms with Crippen LogP contribution in [0.3, 0.4) is 0 Å². The summed E-state index contributed by atoms with van der Waals surface area (Å²) < 4.78 is 1.99. The summed E-state index contributed by atoms with van der Waals surface area (Å²) in [6.07, 6.45) is 0. The van der Waals surface area contributed by atoms with Gasteiger partial charge in [0, 0.05) is 32.3 Å². The van der Waals surface area contributed by atoms with Gasteiger partial charge in [0.15, 0.2) is 0 Å². The van der Waals surface area contributed by atoms with Gasteiger partial charge in [-0.15, -0.1) is 0 Å². The van der Waals surface area contributed by atoms with Crippen LogP contribution in [0.5, 0.6) is 0 Å². The van der Waals surface area contributed by atoms with E-state index in [1.165, 1.54) is 6.92 Å². The Kier molecular flexibility index (Phi) is 7.66. The number of carboxylic acids is 1.